The van der Waals surface area contributed by atoms with Crippen LogP contribution in [0.15, 0.2) is 72.2 Å². The van der Waals surface area contributed by atoms with Crippen molar-refractivity contribution in [3.8, 4) is 0 Å². The number of benzene rings is 2. The van der Waals surface area contributed by atoms with Gasteiger partial charge in [-0.3, -0.25) is 0 Å². The molecule has 2 aromatic carbocycles. The van der Waals surface area contributed by atoms with Crippen LogP contribution in [0.2, 0.25) is 0 Å². The van der Waals surface area contributed by atoms with E-state index in [9.17, 15) is 0 Å². The average molecular weight is 338 g/mol. The van der Waals surface area contributed by atoms with Gasteiger partial charge in [-0.05, 0) is 12.5 Å². The molecule has 0 aliphatic carbocycles. The molecular formula is C18H20N5S+. The molecule has 122 valence electrons. The van der Waals surface area contributed by atoms with E-state index in [0.29, 0.717) is 0 Å². The average Bonchev–Trinajstić information content (AvgIpc) is 3.25. The van der Waals surface area contributed by atoms with Gasteiger partial charge in [-0.2, -0.15) is 9.99 Å². The minimum Gasteiger partial charge on any atom is -0.190 e. The fourth-order valence-corrected chi connectivity index (χ4v) is 3.84. The largest absolute Gasteiger partial charge is 0.332 e. The molecule has 1 aliphatic rings. The number of quaternary nitrogens is 1. The molecule has 0 amide bonds. The quantitative estimate of drug-likeness (QED) is 0.717. The van der Waals surface area contributed by atoms with Gasteiger partial charge in [0.2, 0.25) is 0 Å². The monoisotopic (exact) mass is 338 g/mol. The van der Waals surface area contributed by atoms with Crippen LogP contribution in [-0.2, 0) is 5.66 Å². The van der Waals surface area contributed by atoms with Gasteiger partial charge in [-0.1, -0.05) is 70.1 Å². The summed E-state index contributed by atoms with van der Waals surface area (Å²) >= 11 is 1.62. The van der Waals surface area contributed by atoms with E-state index in [1.807, 2.05) is 35.8 Å². The minimum absolute atomic E-state index is 0.278. The Morgan fingerprint density at radius 1 is 1.04 bits per heavy atom. The van der Waals surface area contributed by atoms with Crippen LogP contribution in [0, 0.1) is 0 Å². The van der Waals surface area contributed by atoms with E-state index >= 15 is 0 Å². The summed E-state index contributed by atoms with van der Waals surface area (Å²) in [7, 11) is 2.05. The Hall–Kier alpha value is -2.09. The van der Waals surface area contributed by atoms with E-state index in [2.05, 4.69) is 71.3 Å². The number of nitrogens with zero attached hydrogens (tertiary/aromatic N) is 3. The van der Waals surface area contributed by atoms with Gasteiger partial charge < -0.3 is 0 Å². The highest BCUT2D eigenvalue weighted by molar-refractivity contribution is 7.13. The van der Waals surface area contributed by atoms with E-state index in [-0.39, 0.29) is 10.4 Å². The molecular weight excluding hydrogens is 318 g/mol. The highest BCUT2D eigenvalue weighted by Gasteiger charge is 2.55. The highest BCUT2D eigenvalue weighted by Crippen LogP contribution is 2.40. The van der Waals surface area contributed by atoms with Gasteiger partial charge in [0.05, 0.1) is 0 Å². The normalized spacial score (nSPS) is 27.4. The summed E-state index contributed by atoms with van der Waals surface area (Å²) in [4.78, 5) is 4.58. The number of hydrogen-bond acceptors (Lipinski definition) is 5. The third-order valence-electron chi connectivity index (χ3n) is 4.54. The Kier molecular flexibility index (Phi) is 3.71. The van der Waals surface area contributed by atoms with E-state index in [1.54, 1.807) is 11.3 Å². The maximum atomic E-state index is 4.58. The molecule has 0 bridgehead atoms. The molecule has 0 spiro atoms. The standard InChI is InChI=1S/C18H20N5S/c1-18(15-9-5-3-6-10-15)20-23(21-22(18)2,17-19-13-14-24-17)16-11-7-4-8-12-16/h3-14,20-21H,1-2H3/q+1. The minimum atomic E-state index is -0.386. The molecule has 5 nitrogen and oxygen atoms in total. The molecule has 0 radical (unpaired) electrons. The first-order chi connectivity index (χ1) is 11.7. The van der Waals surface area contributed by atoms with Crippen molar-refractivity contribution < 1.29 is 0 Å². The first-order valence-corrected chi connectivity index (χ1v) is 8.74. The molecule has 1 aliphatic heterocycles. The fraction of sp³-hybridized carbons (Fsp3) is 0.167. The van der Waals surface area contributed by atoms with Crippen molar-refractivity contribution in [3.63, 3.8) is 0 Å². The van der Waals surface area contributed by atoms with Crippen LogP contribution in [0.25, 0.3) is 0 Å². The summed E-state index contributed by atoms with van der Waals surface area (Å²) < 4.78 is 0.278. The van der Waals surface area contributed by atoms with E-state index < -0.39 is 0 Å². The predicted molar refractivity (Wildman–Crippen MR) is 97.8 cm³/mol. The number of rotatable bonds is 3. The van der Waals surface area contributed by atoms with Crippen molar-refractivity contribution >= 4 is 22.2 Å². The lowest BCUT2D eigenvalue weighted by Crippen LogP contribution is -2.59. The van der Waals surface area contributed by atoms with Crippen LogP contribution in [0.3, 0.4) is 0 Å². The van der Waals surface area contributed by atoms with Gasteiger partial charge in [0, 0.05) is 30.8 Å². The van der Waals surface area contributed by atoms with Gasteiger partial charge in [0.25, 0.3) is 0 Å². The van der Waals surface area contributed by atoms with Crippen molar-refractivity contribution in [3.05, 3.63) is 77.8 Å². The van der Waals surface area contributed by atoms with Crippen molar-refractivity contribution in [1.29, 1.82) is 0 Å². The molecule has 0 saturated carbocycles. The Bertz CT molecular complexity index is 808. The van der Waals surface area contributed by atoms with Crippen LogP contribution in [-0.4, -0.2) is 17.0 Å². The lowest BCUT2D eigenvalue weighted by atomic mass is 10.0. The Labute approximate surface area is 145 Å². The summed E-state index contributed by atoms with van der Waals surface area (Å²) in [5, 5.41) is 5.05. The summed E-state index contributed by atoms with van der Waals surface area (Å²) in [6.07, 6.45) is 1.84. The maximum absolute atomic E-state index is 4.58. The molecule has 24 heavy (non-hydrogen) atoms. The molecule has 3 aromatic rings. The molecule has 2 heterocycles. The third kappa shape index (κ3) is 2.28. The second-order valence-electron chi connectivity index (χ2n) is 6.03. The zero-order valence-electron chi connectivity index (χ0n) is 13.7. The Balaban J connectivity index is 1.86. The summed E-state index contributed by atoms with van der Waals surface area (Å²) in [6, 6.07) is 20.8. The fourth-order valence-electron chi connectivity index (χ4n) is 3.13. The number of hydrogen-bond donors (Lipinski definition) is 2. The van der Waals surface area contributed by atoms with Crippen molar-refractivity contribution in [2.24, 2.45) is 0 Å². The SMILES string of the molecule is CN1N[N+](c2ccccc2)(c2nccs2)NC1(C)c1ccccc1. The molecule has 2 N–H and O–H groups in total. The zero-order chi connectivity index (χ0) is 16.6. The van der Waals surface area contributed by atoms with Crippen molar-refractivity contribution in [1.82, 2.24) is 25.7 Å². The van der Waals surface area contributed by atoms with Gasteiger partial charge in [0.1, 0.15) is 0 Å². The number of para-hydroxylation sites is 1. The molecule has 2 unspecified atom stereocenters. The van der Waals surface area contributed by atoms with Crippen LogP contribution in [0.5, 0.6) is 0 Å². The van der Waals surface area contributed by atoms with Gasteiger partial charge >= 0.3 is 5.13 Å². The zero-order valence-corrected chi connectivity index (χ0v) is 14.5. The van der Waals surface area contributed by atoms with Crippen LogP contribution in [0.1, 0.15) is 12.5 Å². The number of nitrogens with one attached hydrogen (secondary N) is 2. The van der Waals surface area contributed by atoms with E-state index in [0.717, 1.165) is 10.8 Å². The summed E-state index contributed by atoms with van der Waals surface area (Å²) in [5.41, 5.74) is 9.23. The van der Waals surface area contributed by atoms with Gasteiger partial charge in [-0.15, -0.1) is 5.43 Å². The molecule has 2 atom stereocenters. The second kappa shape index (κ2) is 5.77. The smallest absolute Gasteiger partial charge is 0.190 e. The van der Waals surface area contributed by atoms with Crippen molar-refractivity contribution in [2.45, 2.75) is 12.6 Å². The van der Waals surface area contributed by atoms with Crippen LogP contribution < -0.4 is 15.7 Å². The number of aromatic nitrogens is 1. The van der Waals surface area contributed by atoms with Gasteiger partial charge in [-0.25, -0.2) is 0 Å². The topological polar surface area (TPSA) is 40.2 Å². The van der Waals surface area contributed by atoms with Gasteiger partial charge in [0.15, 0.2) is 11.4 Å². The van der Waals surface area contributed by atoms with Crippen molar-refractivity contribution in [2.75, 3.05) is 7.05 Å². The molecule has 1 fully saturated rings. The van der Waals surface area contributed by atoms with E-state index in [4.69, 9.17) is 0 Å². The van der Waals surface area contributed by atoms with Crippen LogP contribution >= 0.6 is 11.3 Å². The van der Waals surface area contributed by atoms with Crippen LogP contribution in [0.4, 0.5) is 10.8 Å². The number of hydrazine groups is 1. The summed E-state index contributed by atoms with van der Waals surface area (Å²) in [6.45, 7) is 2.17. The maximum Gasteiger partial charge on any atom is 0.332 e. The Morgan fingerprint density at radius 3 is 2.33 bits per heavy atom. The first-order valence-electron chi connectivity index (χ1n) is 7.87. The molecule has 4 rings (SSSR count). The highest BCUT2D eigenvalue weighted by atomic mass is 32.1. The molecule has 1 aromatic heterocycles. The Morgan fingerprint density at radius 2 is 1.71 bits per heavy atom. The molecule has 1 saturated heterocycles. The first kappa shape index (κ1) is 15.4. The third-order valence-corrected chi connectivity index (χ3v) is 5.39. The number of thiazole rings is 1. The van der Waals surface area contributed by atoms with E-state index in [1.165, 1.54) is 5.56 Å². The second-order valence-corrected chi connectivity index (χ2v) is 6.90. The summed E-state index contributed by atoms with van der Waals surface area (Å²) in [5.74, 6) is 0. The predicted octanol–water partition coefficient (Wildman–Crippen LogP) is 3.52. The lowest BCUT2D eigenvalue weighted by molar-refractivity contribution is 0.121. The lowest BCUT2D eigenvalue weighted by Gasteiger charge is -2.29. The molecule has 6 heteroatoms.